The van der Waals surface area contributed by atoms with Crippen LogP contribution in [0.4, 0.5) is 0 Å². The first-order valence-corrected chi connectivity index (χ1v) is 8.56. The zero-order valence-corrected chi connectivity index (χ0v) is 13.7. The number of nitrogens with one attached hydrogen (secondary N) is 1. The molecule has 5 nitrogen and oxygen atoms in total. The molecule has 0 saturated heterocycles. The molecule has 0 fully saturated rings. The summed E-state index contributed by atoms with van der Waals surface area (Å²) in [4.78, 5) is 3.12. The monoisotopic (exact) mass is 344 g/mol. The molecule has 1 heterocycles. The van der Waals surface area contributed by atoms with Crippen LogP contribution in [0.25, 0.3) is 0 Å². The second kappa shape index (κ2) is 6.46. The molecule has 0 aliphatic heterocycles. The molecule has 0 spiro atoms. The predicted molar refractivity (Wildman–Crippen MR) is 84.9 cm³/mol. The number of benzene rings is 1. The van der Waals surface area contributed by atoms with Gasteiger partial charge in [-0.3, -0.25) is 0 Å². The van der Waals surface area contributed by atoms with Gasteiger partial charge in [-0.2, -0.15) is 18.4 Å². The number of methoxy groups -OCH3 is 1. The first-order chi connectivity index (χ1) is 9.92. The molecule has 112 valence electrons. The van der Waals surface area contributed by atoms with Crippen LogP contribution >= 0.6 is 22.9 Å². The third-order valence-electron chi connectivity index (χ3n) is 2.63. The molecule has 2 aromatic rings. The van der Waals surface area contributed by atoms with Gasteiger partial charge >= 0.3 is 0 Å². The molecule has 21 heavy (non-hydrogen) atoms. The molecule has 0 radical (unpaired) electrons. The van der Waals surface area contributed by atoms with E-state index >= 15 is 0 Å². The number of halogens is 1. The van der Waals surface area contributed by atoms with Crippen molar-refractivity contribution < 1.29 is 13.2 Å². The minimum atomic E-state index is -3.70. The summed E-state index contributed by atoms with van der Waals surface area (Å²) in [7, 11) is -2.19. The summed E-state index contributed by atoms with van der Waals surface area (Å²) in [5.74, 6) is 0.585. The topological polar surface area (TPSA) is 67.8 Å². The van der Waals surface area contributed by atoms with Gasteiger partial charge in [0.05, 0.1) is 26.9 Å². The van der Waals surface area contributed by atoms with Crippen LogP contribution in [-0.4, -0.2) is 21.2 Å². The zero-order valence-electron chi connectivity index (χ0n) is 11.3. The average Bonchev–Trinajstić information content (AvgIpc) is 2.91. The number of rotatable bonds is 5. The van der Waals surface area contributed by atoms with E-state index in [-0.39, 0.29) is 4.90 Å². The van der Waals surface area contributed by atoms with Crippen molar-refractivity contribution in [3.63, 3.8) is 0 Å². The fraction of sp³-hybridized carbons (Fsp3) is 0.154. The first-order valence-electron chi connectivity index (χ1n) is 5.88. The molecule has 1 aromatic carbocycles. The maximum atomic E-state index is 12.1. The summed E-state index contributed by atoms with van der Waals surface area (Å²) in [5, 5.41) is 3.90. The molecule has 8 heteroatoms. The summed E-state index contributed by atoms with van der Waals surface area (Å²) >= 11 is 7.16. The van der Waals surface area contributed by atoms with Crippen LogP contribution in [0.5, 0.6) is 5.75 Å². The first kappa shape index (κ1) is 15.8. The second-order valence-corrected chi connectivity index (χ2v) is 7.45. The zero-order chi connectivity index (χ0) is 15.5. The molecule has 0 unspecified atom stereocenters. The number of hydrogen-bond acceptors (Lipinski definition) is 5. The lowest BCUT2D eigenvalue weighted by Crippen LogP contribution is -2.19. The van der Waals surface area contributed by atoms with E-state index in [1.807, 2.05) is 0 Å². The summed E-state index contributed by atoms with van der Waals surface area (Å²) in [6, 6.07) is 9.57. The van der Waals surface area contributed by atoms with E-state index in [9.17, 15) is 8.42 Å². The minimum absolute atomic E-state index is 0.115. The van der Waals surface area contributed by atoms with E-state index < -0.39 is 10.0 Å². The third kappa shape index (κ3) is 3.96. The van der Waals surface area contributed by atoms with Crippen molar-refractivity contribution in [1.29, 1.82) is 0 Å². The van der Waals surface area contributed by atoms with Crippen LogP contribution < -0.4 is 9.57 Å². The van der Waals surface area contributed by atoms with Crippen molar-refractivity contribution in [3.05, 3.63) is 45.6 Å². The molecule has 2 rings (SSSR count). The Kier molecular flexibility index (Phi) is 4.87. The lowest BCUT2D eigenvalue weighted by atomic mass is 10.3. The summed E-state index contributed by atoms with van der Waals surface area (Å²) in [5.41, 5.74) is 0.545. The van der Waals surface area contributed by atoms with Crippen LogP contribution in [0.1, 0.15) is 11.8 Å². The van der Waals surface area contributed by atoms with Gasteiger partial charge in [0.25, 0.3) is 10.0 Å². The number of thiophene rings is 1. The van der Waals surface area contributed by atoms with E-state index in [0.717, 1.165) is 4.88 Å². The Balaban J connectivity index is 2.17. The van der Waals surface area contributed by atoms with Crippen molar-refractivity contribution in [2.45, 2.75) is 11.8 Å². The molecular formula is C13H13ClN2O3S2. The quantitative estimate of drug-likeness (QED) is 0.669. The summed E-state index contributed by atoms with van der Waals surface area (Å²) in [6.07, 6.45) is 0. The lowest BCUT2D eigenvalue weighted by Gasteiger charge is -2.05. The highest BCUT2D eigenvalue weighted by Gasteiger charge is 2.13. The number of hydrazone groups is 1. The molecule has 0 aliphatic carbocycles. The Bertz CT molecular complexity index is 752. The van der Waals surface area contributed by atoms with Gasteiger partial charge in [0.1, 0.15) is 5.75 Å². The highest BCUT2D eigenvalue weighted by Crippen LogP contribution is 2.22. The molecule has 0 atom stereocenters. The minimum Gasteiger partial charge on any atom is -0.497 e. The van der Waals surface area contributed by atoms with Gasteiger partial charge in [0, 0.05) is 0 Å². The second-order valence-electron chi connectivity index (χ2n) is 4.07. The Morgan fingerprint density at radius 2 is 1.90 bits per heavy atom. The van der Waals surface area contributed by atoms with Crippen LogP contribution in [0.2, 0.25) is 4.34 Å². The molecule has 1 aromatic heterocycles. The molecule has 0 aliphatic rings. The van der Waals surface area contributed by atoms with Crippen molar-refractivity contribution in [3.8, 4) is 5.75 Å². The fourth-order valence-corrected chi connectivity index (χ4v) is 3.34. The van der Waals surface area contributed by atoms with Crippen molar-refractivity contribution in [1.82, 2.24) is 4.83 Å². The maximum Gasteiger partial charge on any atom is 0.276 e. The van der Waals surface area contributed by atoms with E-state index in [0.29, 0.717) is 15.8 Å². The molecule has 0 amide bonds. The third-order valence-corrected chi connectivity index (χ3v) is 5.20. The summed E-state index contributed by atoms with van der Waals surface area (Å²) < 4.78 is 29.8. The Morgan fingerprint density at radius 3 is 2.43 bits per heavy atom. The summed E-state index contributed by atoms with van der Waals surface area (Å²) in [6.45, 7) is 1.71. The van der Waals surface area contributed by atoms with Crippen LogP contribution in [-0.2, 0) is 10.0 Å². The maximum absolute atomic E-state index is 12.1. The van der Waals surface area contributed by atoms with Crippen molar-refractivity contribution in [2.24, 2.45) is 5.10 Å². The highest BCUT2D eigenvalue weighted by atomic mass is 35.5. The lowest BCUT2D eigenvalue weighted by molar-refractivity contribution is 0.414. The van der Waals surface area contributed by atoms with E-state index in [4.69, 9.17) is 16.3 Å². The fourth-order valence-electron chi connectivity index (χ4n) is 1.50. The van der Waals surface area contributed by atoms with Gasteiger partial charge in [-0.25, -0.2) is 0 Å². The van der Waals surface area contributed by atoms with Gasteiger partial charge in [0.15, 0.2) is 0 Å². The smallest absolute Gasteiger partial charge is 0.276 e. The number of hydrogen-bond donors (Lipinski definition) is 1. The Hall–Kier alpha value is -1.57. The van der Waals surface area contributed by atoms with E-state index in [1.54, 1.807) is 31.2 Å². The van der Waals surface area contributed by atoms with Crippen molar-refractivity contribution >= 4 is 38.7 Å². The van der Waals surface area contributed by atoms with Gasteiger partial charge in [0.2, 0.25) is 0 Å². The van der Waals surface area contributed by atoms with Crippen LogP contribution in [0.15, 0.2) is 46.4 Å². The number of nitrogens with zero attached hydrogens (tertiary/aromatic N) is 1. The van der Waals surface area contributed by atoms with Gasteiger partial charge < -0.3 is 4.74 Å². The van der Waals surface area contributed by atoms with E-state index in [2.05, 4.69) is 9.93 Å². The number of sulfonamides is 1. The van der Waals surface area contributed by atoms with E-state index in [1.165, 1.54) is 30.6 Å². The molecule has 1 N–H and O–H groups in total. The Morgan fingerprint density at radius 1 is 1.24 bits per heavy atom. The largest absolute Gasteiger partial charge is 0.497 e. The predicted octanol–water partition coefficient (Wildman–Crippen LogP) is 3.11. The van der Waals surface area contributed by atoms with Crippen molar-refractivity contribution in [2.75, 3.05) is 7.11 Å². The SMILES string of the molecule is COc1ccc(S(=O)(=O)N/N=C(\C)c2ccc(Cl)s2)cc1. The molecule has 0 bridgehead atoms. The average molecular weight is 345 g/mol. The molecular weight excluding hydrogens is 332 g/mol. The highest BCUT2D eigenvalue weighted by molar-refractivity contribution is 7.89. The van der Waals surface area contributed by atoms with Gasteiger partial charge in [-0.1, -0.05) is 11.6 Å². The van der Waals surface area contributed by atoms with Crippen LogP contribution in [0, 0.1) is 0 Å². The molecule has 0 saturated carbocycles. The standard InChI is InChI=1S/C13H13ClN2O3S2/c1-9(12-7-8-13(14)20-12)15-16-21(17,18)11-5-3-10(19-2)4-6-11/h3-8,16H,1-2H3/b15-9+. The normalized spacial score (nSPS) is 12.2. The number of ether oxygens (including phenoxy) is 1. The van der Waals surface area contributed by atoms with Gasteiger partial charge in [-0.05, 0) is 43.3 Å². The Labute approximate surface area is 132 Å². The van der Waals surface area contributed by atoms with Gasteiger partial charge in [-0.15, -0.1) is 11.3 Å². The van der Waals surface area contributed by atoms with Crippen LogP contribution in [0.3, 0.4) is 0 Å².